The zero-order chi connectivity index (χ0) is 26.1. The van der Waals surface area contributed by atoms with Gasteiger partial charge in [0.2, 0.25) is 0 Å². The summed E-state index contributed by atoms with van der Waals surface area (Å²) in [4.78, 5) is 12.7. The van der Waals surface area contributed by atoms with Gasteiger partial charge in [-0.15, -0.1) is 0 Å². The maximum atomic E-state index is 13.8. The molecule has 1 heterocycles. The largest absolute Gasteiger partial charge is 0.484 e. The fourth-order valence-electron chi connectivity index (χ4n) is 4.03. The fraction of sp³-hybridized carbons (Fsp3) is 0.259. The van der Waals surface area contributed by atoms with Crippen molar-refractivity contribution in [2.45, 2.75) is 37.6 Å². The van der Waals surface area contributed by atoms with E-state index in [1.165, 1.54) is 0 Å². The van der Waals surface area contributed by atoms with E-state index in [1.54, 1.807) is 36.4 Å². The SMILES string of the molecule is CC(C)(c1ccccc1)c1ccc(OCC(=O)N2N=C(c3ccc(Br)cc3)C[C@@]2(O)C(F)(F)F)cc1. The van der Waals surface area contributed by atoms with E-state index in [9.17, 15) is 23.1 Å². The number of rotatable bonds is 6. The number of carbonyl (C=O) groups is 1. The van der Waals surface area contributed by atoms with Gasteiger partial charge in [0.05, 0.1) is 12.1 Å². The van der Waals surface area contributed by atoms with E-state index in [4.69, 9.17) is 4.74 Å². The standard InChI is InChI=1S/C27H24BrF3N2O3/c1-25(2,19-6-4-3-5-7-19)20-10-14-22(15-11-20)36-17-24(34)33-26(35,27(29,30)31)16-23(32-33)18-8-12-21(28)13-9-18/h3-15,35H,16-17H2,1-2H3/t26-/m1/s1. The van der Waals surface area contributed by atoms with Crippen molar-refractivity contribution >= 4 is 27.5 Å². The number of hydrogen-bond donors (Lipinski definition) is 1. The van der Waals surface area contributed by atoms with Crippen LogP contribution < -0.4 is 4.74 Å². The number of aliphatic hydroxyl groups is 1. The predicted molar refractivity (Wildman–Crippen MR) is 134 cm³/mol. The van der Waals surface area contributed by atoms with Crippen LogP contribution in [0.3, 0.4) is 0 Å². The molecule has 0 aromatic heterocycles. The molecule has 0 saturated heterocycles. The number of carbonyl (C=O) groups excluding carboxylic acids is 1. The number of ether oxygens (including phenoxy) is 1. The molecule has 36 heavy (non-hydrogen) atoms. The average Bonchev–Trinajstić information content (AvgIpc) is 3.23. The highest BCUT2D eigenvalue weighted by atomic mass is 79.9. The first kappa shape index (κ1) is 25.9. The normalized spacial score (nSPS) is 18.2. The van der Waals surface area contributed by atoms with Crippen molar-refractivity contribution in [1.29, 1.82) is 0 Å². The van der Waals surface area contributed by atoms with Gasteiger partial charge >= 0.3 is 6.18 Å². The molecule has 4 rings (SSSR count). The molecule has 3 aromatic rings. The van der Waals surface area contributed by atoms with E-state index in [2.05, 4.69) is 34.9 Å². The lowest BCUT2D eigenvalue weighted by molar-refractivity contribution is -0.302. The molecule has 0 fully saturated rings. The number of alkyl halides is 3. The van der Waals surface area contributed by atoms with Crippen molar-refractivity contribution in [2.24, 2.45) is 5.10 Å². The highest BCUT2D eigenvalue weighted by Crippen LogP contribution is 2.41. The zero-order valence-corrected chi connectivity index (χ0v) is 21.2. The van der Waals surface area contributed by atoms with Gasteiger partial charge in [-0.3, -0.25) is 4.79 Å². The quantitative estimate of drug-likeness (QED) is 0.399. The van der Waals surface area contributed by atoms with Gasteiger partial charge in [-0.1, -0.05) is 84.4 Å². The highest BCUT2D eigenvalue weighted by Gasteiger charge is 2.63. The number of hydrogen-bond acceptors (Lipinski definition) is 4. The van der Waals surface area contributed by atoms with Crippen LogP contribution in [0.15, 0.2) is 88.4 Å². The summed E-state index contributed by atoms with van der Waals surface area (Å²) in [6, 6.07) is 23.3. The summed E-state index contributed by atoms with van der Waals surface area (Å²) in [5.74, 6) is -0.807. The Morgan fingerprint density at radius 3 is 2.17 bits per heavy atom. The molecular formula is C27H24BrF3N2O3. The molecule has 0 spiro atoms. The Bertz CT molecular complexity index is 1260. The van der Waals surface area contributed by atoms with Crippen LogP contribution in [0, 0.1) is 0 Å². The van der Waals surface area contributed by atoms with Gasteiger partial charge in [0.1, 0.15) is 5.75 Å². The van der Waals surface area contributed by atoms with Gasteiger partial charge in [-0.05, 0) is 41.0 Å². The van der Waals surface area contributed by atoms with Crippen LogP contribution in [0.5, 0.6) is 5.75 Å². The molecule has 3 aromatic carbocycles. The molecule has 1 aliphatic heterocycles. The minimum atomic E-state index is -5.12. The van der Waals surface area contributed by atoms with Gasteiger partial charge in [0.15, 0.2) is 6.61 Å². The number of amides is 1. The third-order valence-electron chi connectivity index (χ3n) is 6.29. The average molecular weight is 561 g/mol. The summed E-state index contributed by atoms with van der Waals surface area (Å²) in [6.07, 6.45) is -6.00. The Kier molecular flexibility index (Phi) is 6.99. The number of halogens is 4. The summed E-state index contributed by atoms with van der Waals surface area (Å²) in [6.45, 7) is 3.43. The van der Waals surface area contributed by atoms with Gasteiger partial charge in [-0.25, -0.2) is 0 Å². The summed E-state index contributed by atoms with van der Waals surface area (Å²) >= 11 is 3.26. The molecule has 0 aliphatic carbocycles. The minimum absolute atomic E-state index is 0.0526. The van der Waals surface area contributed by atoms with Crippen molar-refractivity contribution in [2.75, 3.05) is 6.61 Å². The maximum absolute atomic E-state index is 13.8. The van der Waals surface area contributed by atoms with Crippen LogP contribution in [0.4, 0.5) is 13.2 Å². The smallest absolute Gasteiger partial charge is 0.438 e. The number of nitrogens with zero attached hydrogens (tertiary/aromatic N) is 2. The molecule has 9 heteroatoms. The molecule has 1 amide bonds. The Morgan fingerprint density at radius 1 is 1.00 bits per heavy atom. The molecule has 1 N–H and O–H groups in total. The second kappa shape index (κ2) is 9.71. The van der Waals surface area contributed by atoms with E-state index < -0.39 is 30.8 Å². The zero-order valence-electron chi connectivity index (χ0n) is 19.6. The summed E-state index contributed by atoms with van der Waals surface area (Å²) in [7, 11) is 0. The van der Waals surface area contributed by atoms with Crippen LogP contribution in [-0.2, 0) is 10.2 Å². The first-order valence-electron chi connectivity index (χ1n) is 11.2. The minimum Gasteiger partial charge on any atom is -0.484 e. The lowest BCUT2D eigenvalue weighted by Gasteiger charge is -2.32. The molecule has 0 bridgehead atoms. The van der Waals surface area contributed by atoms with Crippen LogP contribution in [-0.4, -0.2) is 40.2 Å². The van der Waals surface area contributed by atoms with Crippen LogP contribution in [0.25, 0.3) is 0 Å². The predicted octanol–water partition coefficient (Wildman–Crippen LogP) is 6.04. The molecule has 188 valence electrons. The molecule has 0 saturated carbocycles. The highest BCUT2D eigenvalue weighted by molar-refractivity contribution is 9.10. The second-order valence-corrected chi connectivity index (χ2v) is 9.97. The molecule has 1 aliphatic rings. The Balaban J connectivity index is 1.50. The summed E-state index contributed by atoms with van der Waals surface area (Å²) in [5, 5.41) is 14.4. The van der Waals surface area contributed by atoms with Gasteiger partial charge in [-0.2, -0.15) is 23.3 Å². The Hall–Kier alpha value is -3.17. The van der Waals surface area contributed by atoms with E-state index in [1.807, 2.05) is 42.5 Å². The third-order valence-corrected chi connectivity index (χ3v) is 6.82. The van der Waals surface area contributed by atoms with E-state index >= 15 is 0 Å². The van der Waals surface area contributed by atoms with Crippen LogP contribution in [0.1, 0.15) is 37.0 Å². The molecule has 5 nitrogen and oxygen atoms in total. The van der Waals surface area contributed by atoms with Gasteiger partial charge < -0.3 is 9.84 Å². The first-order valence-corrected chi connectivity index (χ1v) is 12.0. The lowest BCUT2D eigenvalue weighted by Crippen LogP contribution is -2.57. The van der Waals surface area contributed by atoms with Crippen molar-refractivity contribution in [3.8, 4) is 5.75 Å². The maximum Gasteiger partial charge on any atom is 0.438 e. The molecule has 0 radical (unpaired) electrons. The van der Waals surface area contributed by atoms with Gasteiger partial charge in [0.25, 0.3) is 11.6 Å². The Labute approximate surface area is 215 Å². The third kappa shape index (κ3) is 5.03. The van der Waals surface area contributed by atoms with E-state index in [0.717, 1.165) is 15.6 Å². The number of hydrazone groups is 1. The van der Waals surface area contributed by atoms with Crippen molar-refractivity contribution in [1.82, 2.24) is 5.01 Å². The van der Waals surface area contributed by atoms with Crippen molar-refractivity contribution in [3.63, 3.8) is 0 Å². The van der Waals surface area contributed by atoms with Crippen LogP contribution in [0.2, 0.25) is 0 Å². The second-order valence-electron chi connectivity index (χ2n) is 9.05. The van der Waals surface area contributed by atoms with Crippen LogP contribution >= 0.6 is 15.9 Å². The fourth-order valence-corrected chi connectivity index (χ4v) is 4.29. The van der Waals surface area contributed by atoms with E-state index in [0.29, 0.717) is 11.3 Å². The molecule has 1 atom stereocenters. The number of benzene rings is 3. The lowest BCUT2D eigenvalue weighted by atomic mass is 9.78. The van der Waals surface area contributed by atoms with E-state index in [-0.39, 0.29) is 16.1 Å². The monoisotopic (exact) mass is 560 g/mol. The topological polar surface area (TPSA) is 62.1 Å². The van der Waals surface area contributed by atoms with Gasteiger partial charge in [0, 0.05) is 9.89 Å². The first-order chi connectivity index (χ1) is 16.9. The Morgan fingerprint density at radius 2 is 1.58 bits per heavy atom. The van der Waals surface area contributed by atoms with Crippen molar-refractivity contribution < 1.29 is 27.8 Å². The summed E-state index contributed by atoms with van der Waals surface area (Å²) < 4.78 is 47.6. The van der Waals surface area contributed by atoms with Crippen molar-refractivity contribution in [3.05, 3.63) is 100 Å². The molecular weight excluding hydrogens is 537 g/mol. The summed E-state index contributed by atoms with van der Waals surface area (Å²) in [5.41, 5.74) is -1.31. The molecule has 0 unspecified atom stereocenters.